The van der Waals surface area contributed by atoms with Crippen LogP contribution in [0.4, 0.5) is 0 Å². The van der Waals surface area contributed by atoms with E-state index >= 15 is 0 Å². The molecule has 1 aromatic rings. The highest BCUT2D eigenvalue weighted by Crippen LogP contribution is 2.34. The molecule has 2 rings (SSSR count). The fourth-order valence-corrected chi connectivity index (χ4v) is 1.67. The Morgan fingerprint density at radius 2 is 2.07 bits per heavy atom. The fourth-order valence-electron chi connectivity index (χ4n) is 1.33. The van der Waals surface area contributed by atoms with E-state index in [1.807, 2.05) is 0 Å². The molecule has 0 aromatic heterocycles. The number of halogens is 1. The van der Waals surface area contributed by atoms with Crippen molar-refractivity contribution in [3.63, 3.8) is 0 Å². The zero-order valence-corrected chi connectivity index (χ0v) is 10.2. The summed E-state index contributed by atoms with van der Waals surface area (Å²) < 4.78 is 6.86. The monoisotopic (exact) mass is 254 g/mol. The number of hydrogen-bond acceptors (Lipinski definition) is 1. The van der Waals surface area contributed by atoms with E-state index in [2.05, 4.69) is 48.0 Å². The molecule has 1 aliphatic carbocycles. The second-order valence-corrected chi connectivity index (χ2v) is 5.02. The minimum absolute atomic E-state index is 0.466. The lowest BCUT2D eigenvalue weighted by atomic mass is 10.0. The lowest BCUT2D eigenvalue weighted by Crippen LogP contribution is -1.98. The predicted molar refractivity (Wildman–Crippen MR) is 61.9 cm³/mol. The van der Waals surface area contributed by atoms with Crippen molar-refractivity contribution in [1.29, 1.82) is 0 Å². The van der Waals surface area contributed by atoms with Crippen LogP contribution in [0.25, 0.3) is 0 Å². The molecule has 0 N–H and O–H groups in total. The lowest BCUT2D eigenvalue weighted by molar-refractivity contribution is 0.301. The molecule has 0 spiro atoms. The van der Waals surface area contributed by atoms with Crippen molar-refractivity contribution in [3.8, 4) is 5.75 Å². The van der Waals surface area contributed by atoms with Gasteiger partial charge in [0.25, 0.3) is 0 Å². The Bertz CT molecular complexity index is 329. The first-order chi connectivity index (χ1) is 6.66. The molecule has 1 aromatic carbocycles. The van der Waals surface area contributed by atoms with Crippen molar-refractivity contribution < 1.29 is 4.74 Å². The van der Waals surface area contributed by atoms with Crippen LogP contribution in [0.2, 0.25) is 0 Å². The first-order valence-corrected chi connectivity index (χ1v) is 5.92. The molecule has 2 heteroatoms. The maximum atomic E-state index is 5.80. The third kappa shape index (κ3) is 2.30. The summed E-state index contributed by atoms with van der Waals surface area (Å²) in [6, 6.07) is 6.37. The zero-order chi connectivity index (χ0) is 10.1. The van der Waals surface area contributed by atoms with Gasteiger partial charge >= 0.3 is 0 Å². The number of hydrogen-bond donors (Lipinski definition) is 0. The second-order valence-electron chi connectivity index (χ2n) is 4.16. The standard InChI is InChI=1S/C12H15BrO/c1-8(2)9-3-6-11(13)12(7-9)14-10-4-5-10/h3,6-8,10H,4-5H2,1-2H3. The summed E-state index contributed by atoms with van der Waals surface area (Å²) in [5, 5.41) is 0. The summed E-state index contributed by atoms with van der Waals surface area (Å²) in [5.41, 5.74) is 1.34. The summed E-state index contributed by atoms with van der Waals surface area (Å²) in [4.78, 5) is 0. The Labute approximate surface area is 93.6 Å². The number of ether oxygens (including phenoxy) is 1. The molecular formula is C12H15BrO. The smallest absolute Gasteiger partial charge is 0.134 e. The highest BCUT2D eigenvalue weighted by atomic mass is 79.9. The molecule has 0 amide bonds. The van der Waals surface area contributed by atoms with Gasteiger partial charge in [-0.05, 0) is 52.4 Å². The van der Waals surface area contributed by atoms with Gasteiger partial charge < -0.3 is 4.74 Å². The molecule has 1 fully saturated rings. The van der Waals surface area contributed by atoms with Crippen LogP contribution in [0.1, 0.15) is 38.2 Å². The van der Waals surface area contributed by atoms with Crippen LogP contribution in [0.3, 0.4) is 0 Å². The van der Waals surface area contributed by atoms with Gasteiger partial charge in [-0.15, -0.1) is 0 Å². The van der Waals surface area contributed by atoms with Crippen LogP contribution < -0.4 is 4.74 Å². The van der Waals surface area contributed by atoms with Crippen LogP contribution in [-0.4, -0.2) is 6.10 Å². The van der Waals surface area contributed by atoms with Crippen molar-refractivity contribution in [2.24, 2.45) is 0 Å². The molecule has 0 saturated heterocycles. The Balaban J connectivity index is 2.21. The third-order valence-corrected chi connectivity index (χ3v) is 3.10. The van der Waals surface area contributed by atoms with Crippen molar-refractivity contribution in [1.82, 2.24) is 0 Å². The highest BCUT2D eigenvalue weighted by Gasteiger charge is 2.24. The van der Waals surface area contributed by atoms with Crippen LogP contribution >= 0.6 is 15.9 Å². The quantitative estimate of drug-likeness (QED) is 0.789. The van der Waals surface area contributed by atoms with E-state index in [4.69, 9.17) is 4.74 Å². The largest absolute Gasteiger partial charge is 0.489 e. The number of benzene rings is 1. The Morgan fingerprint density at radius 1 is 1.36 bits per heavy atom. The van der Waals surface area contributed by atoms with Gasteiger partial charge in [-0.3, -0.25) is 0 Å². The molecule has 0 heterocycles. The fraction of sp³-hybridized carbons (Fsp3) is 0.500. The third-order valence-electron chi connectivity index (χ3n) is 2.44. The van der Waals surface area contributed by atoms with Gasteiger partial charge in [0.05, 0.1) is 10.6 Å². The highest BCUT2D eigenvalue weighted by molar-refractivity contribution is 9.10. The van der Waals surface area contributed by atoms with E-state index < -0.39 is 0 Å². The van der Waals surface area contributed by atoms with E-state index in [1.165, 1.54) is 18.4 Å². The Hall–Kier alpha value is -0.500. The molecule has 1 nitrogen and oxygen atoms in total. The van der Waals surface area contributed by atoms with Crippen molar-refractivity contribution >= 4 is 15.9 Å². The lowest BCUT2D eigenvalue weighted by Gasteiger charge is -2.11. The van der Waals surface area contributed by atoms with Crippen molar-refractivity contribution in [2.45, 2.75) is 38.7 Å². The molecule has 0 bridgehead atoms. The SMILES string of the molecule is CC(C)c1ccc(Br)c(OC2CC2)c1. The molecule has 0 atom stereocenters. The van der Waals surface area contributed by atoms with E-state index in [1.54, 1.807) is 0 Å². The van der Waals surface area contributed by atoms with E-state index in [0.717, 1.165) is 10.2 Å². The Morgan fingerprint density at radius 3 is 2.64 bits per heavy atom. The first kappa shape index (κ1) is 10.0. The number of rotatable bonds is 3. The van der Waals surface area contributed by atoms with Gasteiger partial charge in [0.15, 0.2) is 0 Å². The summed E-state index contributed by atoms with van der Waals surface area (Å²) in [7, 11) is 0. The normalized spacial score (nSPS) is 16.0. The van der Waals surface area contributed by atoms with Gasteiger partial charge in [-0.2, -0.15) is 0 Å². The molecule has 0 radical (unpaired) electrons. The maximum Gasteiger partial charge on any atom is 0.134 e. The average Bonchev–Trinajstić information content (AvgIpc) is 2.92. The average molecular weight is 255 g/mol. The van der Waals surface area contributed by atoms with Gasteiger partial charge in [0.2, 0.25) is 0 Å². The molecular weight excluding hydrogens is 240 g/mol. The van der Waals surface area contributed by atoms with Crippen LogP contribution in [0.15, 0.2) is 22.7 Å². The van der Waals surface area contributed by atoms with Crippen LogP contribution in [-0.2, 0) is 0 Å². The van der Waals surface area contributed by atoms with Crippen molar-refractivity contribution in [2.75, 3.05) is 0 Å². The molecule has 14 heavy (non-hydrogen) atoms. The minimum Gasteiger partial charge on any atom is -0.489 e. The molecule has 0 unspecified atom stereocenters. The summed E-state index contributed by atoms with van der Waals surface area (Å²) >= 11 is 3.51. The van der Waals surface area contributed by atoms with Gasteiger partial charge in [0, 0.05) is 0 Å². The summed E-state index contributed by atoms with van der Waals surface area (Å²) in [6.07, 6.45) is 2.88. The minimum atomic E-state index is 0.466. The van der Waals surface area contributed by atoms with Crippen LogP contribution in [0, 0.1) is 0 Å². The predicted octanol–water partition coefficient (Wildman–Crippen LogP) is 4.11. The van der Waals surface area contributed by atoms with Gasteiger partial charge in [-0.25, -0.2) is 0 Å². The molecule has 0 aliphatic heterocycles. The second kappa shape index (κ2) is 3.93. The molecule has 1 aliphatic rings. The van der Waals surface area contributed by atoms with E-state index in [-0.39, 0.29) is 0 Å². The molecule has 76 valence electrons. The first-order valence-electron chi connectivity index (χ1n) is 5.13. The summed E-state index contributed by atoms with van der Waals surface area (Å²) in [5.74, 6) is 1.56. The molecule has 1 saturated carbocycles. The zero-order valence-electron chi connectivity index (χ0n) is 8.59. The van der Waals surface area contributed by atoms with E-state index in [0.29, 0.717) is 12.0 Å². The Kier molecular flexibility index (Phi) is 2.82. The van der Waals surface area contributed by atoms with Crippen molar-refractivity contribution in [3.05, 3.63) is 28.2 Å². The van der Waals surface area contributed by atoms with E-state index in [9.17, 15) is 0 Å². The van der Waals surface area contributed by atoms with Crippen LogP contribution in [0.5, 0.6) is 5.75 Å². The van der Waals surface area contributed by atoms with Gasteiger partial charge in [0.1, 0.15) is 5.75 Å². The summed E-state index contributed by atoms with van der Waals surface area (Å²) in [6.45, 7) is 4.40. The topological polar surface area (TPSA) is 9.23 Å². The van der Waals surface area contributed by atoms with Gasteiger partial charge in [-0.1, -0.05) is 19.9 Å². The maximum absolute atomic E-state index is 5.80.